The summed E-state index contributed by atoms with van der Waals surface area (Å²) in [4.78, 5) is 22.6. The van der Waals surface area contributed by atoms with Crippen LogP contribution in [0.25, 0.3) is 0 Å². The Morgan fingerprint density at radius 1 is 1.39 bits per heavy atom. The minimum absolute atomic E-state index is 0.155. The Balaban J connectivity index is 2.62. The highest BCUT2D eigenvalue weighted by Gasteiger charge is 2.33. The molecule has 0 aromatic heterocycles. The third-order valence-corrected chi connectivity index (χ3v) is 2.21. The van der Waals surface area contributed by atoms with E-state index in [2.05, 4.69) is 5.32 Å². The highest BCUT2D eigenvalue weighted by atomic mass is 16.6. The predicted molar refractivity (Wildman–Crippen MR) is 64.3 cm³/mol. The van der Waals surface area contributed by atoms with Crippen LogP contribution in [0.2, 0.25) is 0 Å². The number of hydrogen-bond acceptors (Lipinski definition) is 4. The number of carbonyl (C=O) groups excluding carboxylic acids is 1. The molecule has 0 aliphatic carbocycles. The lowest BCUT2D eigenvalue weighted by Crippen LogP contribution is -2.50. The first-order valence-electron chi connectivity index (χ1n) is 5.75. The van der Waals surface area contributed by atoms with E-state index in [1.807, 2.05) is 0 Å². The first-order chi connectivity index (χ1) is 8.19. The van der Waals surface area contributed by atoms with E-state index < -0.39 is 29.8 Å². The molecule has 6 nitrogen and oxygen atoms in total. The van der Waals surface area contributed by atoms with Gasteiger partial charge in [-0.1, -0.05) is 12.2 Å². The topological polar surface area (TPSA) is 84.9 Å². The van der Waals surface area contributed by atoms with Gasteiger partial charge in [0.2, 0.25) is 0 Å². The number of nitrogens with one attached hydrogen (secondary N) is 1. The molecule has 0 unspecified atom stereocenters. The lowest BCUT2D eigenvalue weighted by atomic mass is 10.1. The maximum Gasteiger partial charge on any atom is 0.408 e. The fourth-order valence-electron chi connectivity index (χ4n) is 1.51. The van der Waals surface area contributed by atoms with Crippen LogP contribution in [-0.2, 0) is 14.3 Å². The summed E-state index contributed by atoms with van der Waals surface area (Å²) in [5, 5.41) is 11.4. The van der Waals surface area contributed by atoms with Gasteiger partial charge in [-0.25, -0.2) is 9.59 Å². The lowest BCUT2D eigenvalue weighted by molar-refractivity contribution is -0.142. The van der Waals surface area contributed by atoms with Crippen LogP contribution in [0.4, 0.5) is 4.79 Å². The SMILES string of the molecule is C[C@@H]1C=C[C@H]([C@H](NC(=O)OC(C)(C)C)C(=O)O)O1. The predicted octanol–water partition coefficient (Wildman–Crippen LogP) is 1.31. The van der Waals surface area contributed by atoms with Gasteiger partial charge in [0.05, 0.1) is 6.10 Å². The zero-order valence-corrected chi connectivity index (χ0v) is 11.0. The summed E-state index contributed by atoms with van der Waals surface area (Å²) in [7, 11) is 0. The zero-order chi connectivity index (χ0) is 13.9. The molecule has 0 saturated heterocycles. The molecule has 0 saturated carbocycles. The van der Waals surface area contributed by atoms with Crippen LogP contribution in [0, 0.1) is 0 Å². The molecule has 1 aliphatic heterocycles. The highest BCUT2D eigenvalue weighted by molar-refractivity contribution is 5.81. The summed E-state index contributed by atoms with van der Waals surface area (Å²) < 4.78 is 10.4. The van der Waals surface area contributed by atoms with Crippen LogP contribution in [0.5, 0.6) is 0 Å². The molecular formula is C12H19NO5. The van der Waals surface area contributed by atoms with Crippen LogP contribution in [0.3, 0.4) is 0 Å². The zero-order valence-electron chi connectivity index (χ0n) is 11.0. The Kier molecular flexibility index (Phi) is 4.34. The Bertz CT molecular complexity index is 358. The minimum Gasteiger partial charge on any atom is -0.480 e. The van der Waals surface area contributed by atoms with E-state index in [9.17, 15) is 9.59 Å². The van der Waals surface area contributed by atoms with E-state index in [-0.39, 0.29) is 6.10 Å². The second-order valence-electron chi connectivity index (χ2n) is 5.15. The molecule has 102 valence electrons. The molecule has 0 spiro atoms. The number of ether oxygens (including phenoxy) is 2. The minimum atomic E-state index is -1.16. The molecule has 3 atom stereocenters. The summed E-state index contributed by atoms with van der Waals surface area (Å²) in [6.45, 7) is 6.91. The fourth-order valence-corrected chi connectivity index (χ4v) is 1.51. The summed E-state index contributed by atoms with van der Waals surface area (Å²) in [6, 6.07) is -1.15. The molecule has 0 radical (unpaired) electrons. The molecule has 0 fully saturated rings. The number of hydrogen-bond donors (Lipinski definition) is 2. The van der Waals surface area contributed by atoms with Gasteiger partial charge in [-0.2, -0.15) is 0 Å². The monoisotopic (exact) mass is 257 g/mol. The fraction of sp³-hybridized carbons (Fsp3) is 0.667. The van der Waals surface area contributed by atoms with E-state index in [4.69, 9.17) is 14.6 Å². The summed E-state index contributed by atoms with van der Waals surface area (Å²) in [5.41, 5.74) is -0.674. The van der Waals surface area contributed by atoms with Crippen molar-refractivity contribution in [2.24, 2.45) is 0 Å². The smallest absolute Gasteiger partial charge is 0.408 e. The van der Waals surface area contributed by atoms with E-state index in [1.165, 1.54) is 0 Å². The molecule has 2 N–H and O–H groups in total. The maximum absolute atomic E-state index is 11.5. The Morgan fingerprint density at radius 2 is 2.00 bits per heavy atom. The van der Waals surface area contributed by atoms with Crippen molar-refractivity contribution in [3.63, 3.8) is 0 Å². The van der Waals surface area contributed by atoms with Gasteiger partial charge in [0.1, 0.15) is 11.7 Å². The van der Waals surface area contributed by atoms with Crippen LogP contribution < -0.4 is 5.32 Å². The second kappa shape index (κ2) is 5.39. The standard InChI is InChI=1S/C12H19NO5/c1-7-5-6-8(17-7)9(10(14)15)13-11(16)18-12(2,3)4/h5-9H,1-4H3,(H,13,16)(H,14,15)/t7-,8-,9+/m1/s1. The normalized spacial score (nSPS) is 24.7. The molecule has 1 amide bonds. The summed E-state index contributed by atoms with van der Waals surface area (Å²) >= 11 is 0. The average molecular weight is 257 g/mol. The van der Waals surface area contributed by atoms with Crippen molar-refractivity contribution < 1.29 is 24.2 Å². The number of rotatable bonds is 3. The van der Waals surface area contributed by atoms with Crippen LogP contribution in [-0.4, -0.2) is 41.0 Å². The van der Waals surface area contributed by atoms with Gasteiger partial charge in [-0.05, 0) is 27.7 Å². The number of carbonyl (C=O) groups is 2. The van der Waals surface area contributed by atoms with Gasteiger partial charge in [0.25, 0.3) is 0 Å². The van der Waals surface area contributed by atoms with E-state index in [1.54, 1.807) is 39.8 Å². The van der Waals surface area contributed by atoms with Gasteiger partial charge in [0, 0.05) is 0 Å². The third-order valence-electron chi connectivity index (χ3n) is 2.21. The van der Waals surface area contributed by atoms with Crippen LogP contribution >= 0.6 is 0 Å². The Hall–Kier alpha value is -1.56. The number of carboxylic acid groups (broad SMARTS) is 1. The molecular weight excluding hydrogens is 238 g/mol. The van der Waals surface area contributed by atoms with Crippen molar-refractivity contribution >= 4 is 12.1 Å². The van der Waals surface area contributed by atoms with E-state index in [0.717, 1.165) is 0 Å². The molecule has 0 aromatic carbocycles. The summed E-state index contributed by atoms with van der Waals surface area (Å²) in [6.07, 6.45) is 1.77. The van der Waals surface area contributed by atoms with Crippen molar-refractivity contribution in [3.05, 3.63) is 12.2 Å². The number of carboxylic acids is 1. The quantitative estimate of drug-likeness (QED) is 0.744. The molecule has 0 bridgehead atoms. The Labute approximate surface area is 106 Å². The largest absolute Gasteiger partial charge is 0.480 e. The van der Waals surface area contributed by atoms with Crippen LogP contribution in [0.1, 0.15) is 27.7 Å². The van der Waals surface area contributed by atoms with Gasteiger partial charge < -0.3 is 19.9 Å². The number of alkyl carbamates (subject to hydrolysis) is 1. The number of aliphatic carboxylic acids is 1. The molecule has 1 aliphatic rings. The van der Waals surface area contributed by atoms with Gasteiger partial charge in [0.15, 0.2) is 6.04 Å². The van der Waals surface area contributed by atoms with Crippen molar-refractivity contribution in [1.82, 2.24) is 5.32 Å². The van der Waals surface area contributed by atoms with Crippen molar-refractivity contribution in [2.45, 2.75) is 51.5 Å². The average Bonchev–Trinajstić information content (AvgIpc) is 2.57. The van der Waals surface area contributed by atoms with E-state index in [0.29, 0.717) is 0 Å². The molecule has 6 heteroatoms. The molecule has 18 heavy (non-hydrogen) atoms. The second-order valence-corrected chi connectivity index (χ2v) is 5.15. The van der Waals surface area contributed by atoms with Gasteiger partial charge in [-0.15, -0.1) is 0 Å². The molecule has 1 heterocycles. The van der Waals surface area contributed by atoms with Crippen molar-refractivity contribution in [2.75, 3.05) is 0 Å². The van der Waals surface area contributed by atoms with Crippen molar-refractivity contribution in [3.8, 4) is 0 Å². The Morgan fingerprint density at radius 3 is 2.39 bits per heavy atom. The third kappa shape index (κ3) is 4.37. The van der Waals surface area contributed by atoms with Gasteiger partial charge >= 0.3 is 12.1 Å². The highest BCUT2D eigenvalue weighted by Crippen LogP contribution is 2.15. The maximum atomic E-state index is 11.5. The van der Waals surface area contributed by atoms with E-state index >= 15 is 0 Å². The first kappa shape index (κ1) is 14.5. The summed E-state index contributed by atoms with van der Waals surface area (Å²) in [5.74, 6) is -1.16. The molecule has 0 aromatic rings. The molecule has 1 rings (SSSR count). The number of amides is 1. The van der Waals surface area contributed by atoms with Crippen LogP contribution in [0.15, 0.2) is 12.2 Å². The first-order valence-corrected chi connectivity index (χ1v) is 5.75. The van der Waals surface area contributed by atoms with Gasteiger partial charge in [-0.3, -0.25) is 0 Å². The van der Waals surface area contributed by atoms with Crippen molar-refractivity contribution in [1.29, 1.82) is 0 Å². The lowest BCUT2D eigenvalue weighted by Gasteiger charge is -2.24.